The lowest BCUT2D eigenvalue weighted by Gasteiger charge is -2.30. The second kappa shape index (κ2) is 5.35. The summed E-state index contributed by atoms with van der Waals surface area (Å²) in [6.45, 7) is 8.59. The maximum absolute atomic E-state index is 4.40. The molecule has 0 unspecified atom stereocenters. The quantitative estimate of drug-likeness (QED) is 0.759. The van der Waals surface area contributed by atoms with Gasteiger partial charge in [-0.15, -0.1) is 0 Å². The highest BCUT2D eigenvalue weighted by atomic mass is 15.2. The average molecular weight is 217 g/mol. The molecule has 0 bridgehead atoms. The molecule has 0 amide bonds. The fraction of sp³-hybridized carbons (Fsp3) is 0.571. The number of hydrogen-bond donors (Lipinski definition) is 0. The maximum Gasteiger partial charge on any atom is 0.0399 e. The molecular weight excluding hydrogens is 196 g/mol. The van der Waals surface area contributed by atoms with Crippen molar-refractivity contribution in [1.82, 2.24) is 5.32 Å². The van der Waals surface area contributed by atoms with Gasteiger partial charge in [-0.05, 0) is 30.0 Å². The van der Waals surface area contributed by atoms with Crippen LogP contribution in [-0.4, -0.2) is 26.2 Å². The zero-order chi connectivity index (χ0) is 11.4. The third-order valence-corrected chi connectivity index (χ3v) is 3.33. The summed E-state index contributed by atoms with van der Waals surface area (Å²) in [6, 6.07) is 6.92. The lowest BCUT2D eigenvalue weighted by molar-refractivity contribution is 0.578. The van der Waals surface area contributed by atoms with Crippen molar-refractivity contribution in [1.29, 1.82) is 0 Å². The molecule has 2 heteroatoms. The van der Waals surface area contributed by atoms with Crippen LogP contribution < -0.4 is 10.2 Å². The minimum absolute atomic E-state index is 0.985. The lowest BCUT2D eigenvalue weighted by atomic mass is 10.0. The van der Waals surface area contributed by atoms with Gasteiger partial charge in [0.05, 0.1) is 0 Å². The molecule has 0 aromatic heterocycles. The van der Waals surface area contributed by atoms with E-state index in [1.165, 1.54) is 16.8 Å². The third-order valence-electron chi connectivity index (χ3n) is 3.33. The van der Waals surface area contributed by atoms with Crippen molar-refractivity contribution in [2.45, 2.75) is 26.7 Å². The van der Waals surface area contributed by atoms with E-state index in [9.17, 15) is 0 Å². The van der Waals surface area contributed by atoms with Crippen molar-refractivity contribution in [2.75, 3.05) is 31.1 Å². The highest BCUT2D eigenvalue weighted by Crippen LogP contribution is 2.23. The molecule has 1 aliphatic heterocycles. The number of piperazine rings is 1. The Morgan fingerprint density at radius 1 is 1.12 bits per heavy atom. The van der Waals surface area contributed by atoms with E-state index in [1.807, 2.05) is 0 Å². The normalized spacial score (nSPS) is 16.5. The van der Waals surface area contributed by atoms with Gasteiger partial charge in [-0.25, -0.2) is 5.32 Å². The summed E-state index contributed by atoms with van der Waals surface area (Å²) >= 11 is 0. The molecule has 2 nitrogen and oxygen atoms in total. The topological polar surface area (TPSA) is 17.3 Å². The molecule has 0 saturated carbocycles. The zero-order valence-electron chi connectivity index (χ0n) is 10.4. The summed E-state index contributed by atoms with van der Waals surface area (Å²) in [7, 11) is 0. The van der Waals surface area contributed by atoms with Crippen LogP contribution in [0.3, 0.4) is 0 Å². The molecule has 0 N–H and O–H groups in total. The molecule has 1 heterocycles. The Bertz CT molecular complexity index is 341. The molecule has 0 atom stereocenters. The first-order valence-electron chi connectivity index (χ1n) is 6.35. The van der Waals surface area contributed by atoms with E-state index in [2.05, 4.69) is 42.3 Å². The van der Waals surface area contributed by atoms with E-state index in [0.29, 0.717) is 0 Å². The molecule has 87 valence electrons. The molecule has 1 aromatic carbocycles. The van der Waals surface area contributed by atoms with Gasteiger partial charge in [0.2, 0.25) is 0 Å². The fourth-order valence-electron chi connectivity index (χ4n) is 2.30. The lowest BCUT2D eigenvalue weighted by Crippen LogP contribution is -2.40. The van der Waals surface area contributed by atoms with Gasteiger partial charge in [0.15, 0.2) is 0 Å². The summed E-state index contributed by atoms with van der Waals surface area (Å²) in [5.74, 6) is 0. The van der Waals surface area contributed by atoms with Crippen LogP contribution in [0.4, 0.5) is 5.69 Å². The predicted octanol–water partition coefficient (Wildman–Crippen LogP) is 2.24. The highest BCUT2D eigenvalue weighted by Gasteiger charge is 2.13. The Labute approximate surface area is 98.7 Å². The van der Waals surface area contributed by atoms with Crippen LogP contribution in [-0.2, 0) is 12.8 Å². The third kappa shape index (κ3) is 2.38. The summed E-state index contributed by atoms with van der Waals surface area (Å²) in [6.07, 6.45) is 2.25. The van der Waals surface area contributed by atoms with Gasteiger partial charge in [0.25, 0.3) is 0 Å². The van der Waals surface area contributed by atoms with Crippen molar-refractivity contribution < 1.29 is 0 Å². The molecule has 1 fully saturated rings. The number of benzene rings is 1. The second-order valence-corrected chi connectivity index (χ2v) is 4.33. The molecule has 0 spiro atoms. The second-order valence-electron chi connectivity index (χ2n) is 4.33. The Kier molecular flexibility index (Phi) is 3.83. The minimum Gasteiger partial charge on any atom is -0.369 e. The largest absolute Gasteiger partial charge is 0.369 e. The van der Waals surface area contributed by atoms with Crippen molar-refractivity contribution in [2.24, 2.45) is 0 Å². The summed E-state index contributed by atoms with van der Waals surface area (Å²) in [4.78, 5) is 2.48. The smallest absolute Gasteiger partial charge is 0.0399 e. The standard InChI is InChI=1S/C14H21N2/c1-3-12-5-6-14(13(4-2)11-12)16-9-7-15-8-10-16/h5-6,11H,3-4,7-10H2,1-2H3. The van der Waals surface area contributed by atoms with E-state index in [0.717, 1.165) is 39.0 Å². The molecule has 0 aliphatic carbocycles. The van der Waals surface area contributed by atoms with E-state index in [1.54, 1.807) is 0 Å². The molecule has 1 aliphatic rings. The van der Waals surface area contributed by atoms with Crippen LogP contribution in [0.2, 0.25) is 0 Å². The van der Waals surface area contributed by atoms with Crippen molar-refractivity contribution >= 4 is 5.69 Å². The minimum atomic E-state index is 0.985. The fourth-order valence-corrected chi connectivity index (χ4v) is 2.30. The Morgan fingerprint density at radius 2 is 1.88 bits per heavy atom. The van der Waals surface area contributed by atoms with Crippen molar-refractivity contribution in [3.05, 3.63) is 29.3 Å². The van der Waals surface area contributed by atoms with Crippen LogP contribution in [0, 0.1) is 0 Å². The van der Waals surface area contributed by atoms with Gasteiger partial charge in [-0.1, -0.05) is 26.0 Å². The van der Waals surface area contributed by atoms with Crippen LogP contribution >= 0.6 is 0 Å². The number of rotatable bonds is 3. The van der Waals surface area contributed by atoms with Gasteiger partial charge < -0.3 is 4.90 Å². The highest BCUT2D eigenvalue weighted by molar-refractivity contribution is 5.55. The first-order chi connectivity index (χ1) is 7.85. The average Bonchev–Trinajstić information content (AvgIpc) is 2.39. The van der Waals surface area contributed by atoms with Gasteiger partial charge in [0.1, 0.15) is 0 Å². The molecule has 16 heavy (non-hydrogen) atoms. The number of nitrogens with zero attached hydrogens (tertiary/aromatic N) is 2. The number of aryl methyl sites for hydroxylation is 2. The van der Waals surface area contributed by atoms with Crippen molar-refractivity contribution in [3.8, 4) is 0 Å². The zero-order valence-corrected chi connectivity index (χ0v) is 10.4. The van der Waals surface area contributed by atoms with Gasteiger partial charge >= 0.3 is 0 Å². The van der Waals surface area contributed by atoms with Gasteiger partial charge in [0, 0.05) is 31.9 Å². The molecule has 1 saturated heterocycles. The van der Waals surface area contributed by atoms with Crippen molar-refractivity contribution in [3.63, 3.8) is 0 Å². The van der Waals surface area contributed by atoms with E-state index in [4.69, 9.17) is 0 Å². The first kappa shape index (κ1) is 11.5. The monoisotopic (exact) mass is 217 g/mol. The van der Waals surface area contributed by atoms with E-state index < -0.39 is 0 Å². The van der Waals surface area contributed by atoms with E-state index in [-0.39, 0.29) is 0 Å². The Balaban J connectivity index is 2.24. The molecule has 2 rings (SSSR count). The number of anilines is 1. The van der Waals surface area contributed by atoms with Gasteiger partial charge in [-0.2, -0.15) is 0 Å². The summed E-state index contributed by atoms with van der Waals surface area (Å²) in [5.41, 5.74) is 4.36. The molecule has 1 radical (unpaired) electrons. The van der Waals surface area contributed by atoms with Crippen LogP contribution in [0.1, 0.15) is 25.0 Å². The molecular formula is C14H21N2. The van der Waals surface area contributed by atoms with Crippen LogP contribution in [0.25, 0.3) is 0 Å². The van der Waals surface area contributed by atoms with Crippen LogP contribution in [0.15, 0.2) is 18.2 Å². The summed E-state index contributed by atoms with van der Waals surface area (Å²) < 4.78 is 0. The van der Waals surface area contributed by atoms with Gasteiger partial charge in [-0.3, -0.25) is 0 Å². The first-order valence-corrected chi connectivity index (χ1v) is 6.35. The Morgan fingerprint density at radius 3 is 2.50 bits per heavy atom. The van der Waals surface area contributed by atoms with E-state index >= 15 is 0 Å². The van der Waals surface area contributed by atoms with Crippen LogP contribution in [0.5, 0.6) is 0 Å². The number of hydrogen-bond acceptors (Lipinski definition) is 1. The summed E-state index contributed by atoms with van der Waals surface area (Å²) in [5, 5.41) is 4.40. The predicted molar refractivity (Wildman–Crippen MR) is 69.3 cm³/mol. The SMILES string of the molecule is CCc1ccc(N2CC[N]CC2)c(CC)c1. The molecule has 1 aromatic rings. The maximum atomic E-state index is 4.40. The Hall–Kier alpha value is -1.02.